The molecule has 0 aliphatic carbocycles. The zero-order chi connectivity index (χ0) is 15.2. The largest absolute Gasteiger partial charge is 0.480 e. The lowest BCUT2D eigenvalue weighted by Gasteiger charge is -2.22. The molecule has 0 fully saturated rings. The van der Waals surface area contributed by atoms with E-state index < -0.39 is 5.97 Å². The molecule has 1 aromatic carbocycles. The summed E-state index contributed by atoms with van der Waals surface area (Å²) in [5.74, 6) is -0.910. The summed E-state index contributed by atoms with van der Waals surface area (Å²) in [5.41, 5.74) is 1.65. The van der Waals surface area contributed by atoms with Crippen LogP contribution in [-0.2, 0) is 17.9 Å². The van der Waals surface area contributed by atoms with Gasteiger partial charge in [0.15, 0.2) is 0 Å². The Morgan fingerprint density at radius 1 is 1.33 bits per heavy atom. The van der Waals surface area contributed by atoms with E-state index in [2.05, 4.69) is 5.10 Å². The Labute approximate surface area is 127 Å². The quantitative estimate of drug-likeness (QED) is 0.812. The van der Waals surface area contributed by atoms with Crippen molar-refractivity contribution in [1.82, 2.24) is 9.78 Å². The van der Waals surface area contributed by atoms with Gasteiger partial charge < -0.3 is 15.1 Å². The van der Waals surface area contributed by atoms with Crippen molar-refractivity contribution < 1.29 is 15.0 Å². The van der Waals surface area contributed by atoms with Gasteiger partial charge in [-0.3, -0.25) is 9.48 Å². The lowest BCUT2D eigenvalue weighted by atomic mass is 10.2. The smallest absolute Gasteiger partial charge is 0.323 e. The molecule has 0 aliphatic rings. The van der Waals surface area contributed by atoms with Gasteiger partial charge in [0, 0.05) is 29.0 Å². The molecule has 2 aromatic rings. The zero-order valence-electron chi connectivity index (χ0n) is 11.3. The van der Waals surface area contributed by atoms with Gasteiger partial charge in [0.25, 0.3) is 0 Å². The lowest BCUT2D eigenvalue weighted by molar-refractivity contribution is -0.135. The molecule has 1 heterocycles. The van der Waals surface area contributed by atoms with Crippen molar-refractivity contribution in [3.8, 4) is 0 Å². The fourth-order valence-corrected chi connectivity index (χ4v) is 2.11. The number of halogens is 1. The van der Waals surface area contributed by atoms with Crippen LogP contribution < -0.4 is 4.90 Å². The van der Waals surface area contributed by atoms with Crippen molar-refractivity contribution in [2.24, 2.45) is 0 Å². The van der Waals surface area contributed by atoms with Crippen LogP contribution in [0, 0.1) is 0 Å². The third-order valence-corrected chi connectivity index (χ3v) is 3.16. The van der Waals surface area contributed by atoms with Crippen LogP contribution in [0.5, 0.6) is 0 Å². The summed E-state index contributed by atoms with van der Waals surface area (Å²) in [7, 11) is 0. The van der Waals surface area contributed by atoms with Gasteiger partial charge in [0.05, 0.1) is 19.3 Å². The molecule has 7 heteroatoms. The molecule has 0 aliphatic heterocycles. The molecule has 0 saturated carbocycles. The molecule has 112 valence electrons. The molecular formula is C14H16ClN3O3. The highest BCUT2D eigenvalue weighted by Gasteiger charge is 2.12. The van der Waals surface area contributed by atoms with Gasteiger partial charge in [0.1, 0.15) is 6.54 Å². The average Bonchev–Trinajstić information content (AvgIpc) is 2.86. The summed E-state index contributed by atoms with van der Waals surface area (Å²) in [4.78, 5) is 12.7. The Morgan fingerprint density at radius 3 is 2.67 bits per heavy atom. The number of aliphatic hydroxyl groups excluding tert-OH is 1. The highest BCUT2D eigenvalue weighted by Crippen LogP contribution is 2.20. The first-order valence-electron chi connectivity index (χ1n) is 6.43. The molecule has 6 nitrogen and oxygen atoms in total. The number of carbonyl (C=O) groups is 1. The Balaban J connectivity index is 2.15. The van der Waals surface area contributed by atoms with E-state index in [9.17, 15) is 4.79 Å². The number of benzene rings is 1. The standard InChI is InChI=1S/C14H16ClN3O3/c15-12-1-3-13(4-2-12)17(10-14(20)21)8-11-7-16-18(9-11)5-6-19/h1-4,7,9,19H,5-6,8,10H2,(H,20,21). The van der Waals surface area contributed by atoms with Crippen molar-refractivity contribution in [1.29, 1.82) is 0 Å². The molecule has 0 radical (unpaired) electrons. The average molecular weight is 310 g/mol. The predicted octanol–water partition coefficient (Wildman–Crippen LogP) is 1.62. The number of carboxylic acids is 1. The highest BCUT2D eigenvalue weighted by molar-refractivity contribution is 6.30. The second-order valence-corrected chi connectivity index (χ2v) is 5.00. The van der Waals surface area contributed by atoms with Crippen molar-refractivity contribution in [3.63, 3.8) is 0 Å². The first-order chi connectivity index (χ1) is 10.1. The van der Waals surface area contributed by atoms with Crippen LogP contribution in [0.3, 0.4) is 0 Å². The Morgan fingerprint density at radius 2 is 2.05 bits per heavy atom. The SMILES string of the molecule is O=C(O)CN(Cc1cnn(CCO)c1)c1ccc(Cl)cc1. The van der Waals surface area contributed by atoms with Gasteiger partial charge in [-0.05, 0) is 24.3 Å². The molecule has 21 heavy (non-hydrogen) atoms. The van der Waals surface area contributed by atoms with Crippen LogP contribution >= 0.6 is 11.6 Å². The van der Waals surface area contributed by atoms with E-state index in [-0.39, 0.29) is 13.2 Å². The first kappa shape index (κ1) is 15.3. The van der Waals surface area contributed by atoms with E-state index in [1.165, 1.54) is 0 Å². The molecule has 0 amide bonds. The Bertz CT molecular complexity index is 598. The Kier molecular flexibility index (Phi) is 5.19. The van der Waals surface area contributed by atoms with Gasteiger partial charge in [-0.1, -0.05) is 11.6 Å². The minimum atomic E-state index is -0.910. The summed E-state index contributed by atoms with van der Waals surface area (Å²) >= 11 is 5.85. The number of hydrogen-bond acceptors (Lipinski definition) is 4. The number of hydrogen-bond donors (Lipinski definition) is 2. The van der Waals surface area contributed by atoms with Gasteiger partial charge in [-0.15, -0.1) is 0 Å². The van der Waals surface area contributed by atoms with Crippen molar-refractivity contribution in [2.75, 3.05) is 18.1 Å². The molecular weight excluding hydrogens is 294 g/mol. The first-order valence-corrected chi connectivity index (χ1v) is 6.81. The molecule has 0 atom stereocenters. The zero-order valence-corrected chi connectivity index (χ0v) is 12.1. The summed E-state index contributed by atoms with van der Waals surface area (Å²) in [6.07, 6.45) is 3.46. The van der Waals surface area contributed by atoms with Crippen LogP contribution in [0.15, 0.2) is 36.7 Å². The molecule has 0 bridgehead atoms. The van der Waals surface area contributed by atoms with E-state index in [1.807, 2.05) is 0 Å². The van der Waals surface area contributed by atoms with E-state index in [0.29, 0.717) is 18.1 Å². The third kappa shape index (κ3) is 4.47. The monoisotopic (exact) mass is 309 g/mol. The number of rotatable bonds is 7. The van der Waals surface area contributed by atoms with Gasteiger partial charge in [-0.2, -0.15) is 5.10 Å². The number of aromatic nitrogens is 2. The van der Waals surface area contributed by atoms with Crippen LogP contribution in [0.2, 0.25) is 5.02 Å². The maximum Gasteiger partial charge on any atom is 0.323 e. The predicted molar refractivity (Wildman–Crippen MR) is 79.5 cm³/mol. The summed E-state index contributed by atoms with van der Waals surface area (Å²) in [5, 5.41) is 22.6. The van der Waals surface area contributed by atoms with Crippen molar-refractivity contribution >= 4 is 23.3 Å². The fraction of sp³-hybridized carbons (Fsp3) is 0.286. The molecule has 2 N–H and O–H groups in total. The van der Waals surface area contributed by atoms with Crippen LogP contribution in [0.25, 0.3) is 0 Å². The van der Waals surface area contributed by atoms with Crippen LogP contribution in [-0.4, -0.2) is 39.1 Å². The summed E-state index contributed by atoms with van der Waals surface area (Å²) < 4.78 is 1.62. The number of carboxylic acid groups (broad SMARTS) is 1. The number of anilines is 1. The minimum Gasteiger partial charge on any atom is -0.480 e. The lowest BCUT2D eigenvalue weighted by Crippen LogP contribution is -2.29. The molecule has 1 aromatic heterocycles. The van der Waals surface area contributed by atoms with E-state index >= 15 is 0 Å². The van der Waals surface area contributed by atoms with Gasteiger partial charge >= 0.3 is 5.97 Å². The number of nitrogens with zero attached hydrogens (tertiary/aromatic N) is 3. The molecule has 0 spiro atoms. The van der Waals surface area contributed by atoms with Crippen molar-refractivity contribution in [2.45, 2.75) is 13.1 Å². The van der Waals surface area contributed by atoms with E-state index in [0.717, 1.165) is 11.3 Å². The topological polar surface area (TPSA) is 78.6 Å². The third-order valence-electron chi connectivity index (χ3n) is 2.91. The van der Waals surface area contributed by atoms with Gasteiger partial charge in [0.2, 0.25) is 0 Å². The second-order valence-electron chi connectivity index (χ2n) is 4.56. The molecule has 2 rings (SSSR count). The fourth-order valence-electron chi connectivity index (χ4n) is 1.99. The van der Waals surface area contributed by atoms with Crippen LogP contribution in [0.4, 0.5) is 5.69 Å². The minimum absolute atomic E-state index is 0.0111. The van der Waals surface area contributed by atoms with Gasteiger partial charge in [-0.25, -0.2) is 0 Å². The molecule has 0 unspecified atom stereocenters. The molecule has 0 saturated heterocycles. The maximum absolute atomic E-state index is 11.0. The van der Waals surface area contributed by atoms with Crippen molar-refractivity contribution in [3.05, 3.63) is 47.2 Å². The van der Waals surface area contributed by atoms with E-state index in [4.69, 9.17) is 21.8 Å². The maximum atomic E-state index is 11.0. The summed E-state index contributed by atoms with van der Waals surface area (Å²) in [6.45, 7) is 0.725. The van der Waals surface area contributed by atoms with E-state index in [1.54, 1.807) is 46.2 Å². The highest BCUT2D eigenvalue weighted by atomic mass is 35.5. The summed E-state index contributed by atoms with van der Waals surface area (Å²) in [6, 6.07) is 7.01. The van der Waals surface area contributed by atoms with Crippen LogP contribution in [0.1, 0.15) is 5.56 Å². The normalized spacial score (nSPS) is 10.6. The number of aliphatic carboxylic acids is 1. The second kappa shape index (κ2) is 7.10. The number of aliphatic hydroxyl groups is 1. The Hall–Kier alpha value is -2.05.